The van der Waals surface area contributed by atoms with Crippen LogP contribution in [0.25, 0.3) is 0 Å². The zero-order chi connectivity index (χ0) is 14.2. The monoisotopic (exact) mass is 279 g/mol. The highest BCUT2D eigenvalue weighted by atomic mass is 16.3. The SMILES string of the molecule is O=C(CC1=Nc2ccccc2C2=NCCN12)c1ccco1. The van der Waals surface area contributed by atoms with Crippen LogP contribution >= 0.6 is 0 Å². The second-order valence-corrected chi connectivity index (χ2v) is 4.98. The van der Waals surface area contributed by atoms with Crippen molar-refractivity contribution in [2.75, 3.05) is 13.1 Å². The van der Waals surface area contributed by atoms with E-state index in [2.05, 4.69) is 9.98 Å². The fraction of sp³-hybridized carbons (Fsp3) is 0.188. The Bertz CT molecular complexity index is 760. The van der Waals surface area contributed by atoms with E-state index in [1.807, 2.05) is 29.2 Å². The highest BCUT2D eigenvalue weighted by molar-refractivity contribution is 6.20. The summed E-state index contributed by atoms with van der Waals surface area (Å²) in [4.78, 5) is 23.4. The fourth-order valence-electron chi connectivity index (χ4n) is 2.69. The lowest BCUT2D eigenvalue weighted by Crippen LogP contribution is -2.38. The number of carbonyl (C=O) groups excluding carboxylic acids is 1. The molecular weight excluding hydrogens is 266 g/mol. The van der Waals surface area contributed by atoms with E-state index >= 15 is 0 Å². The molecule has 0 atom stereocenters. The van der Waals surface area contributed by atoms with Gasteiger partial charge in [0.25, 0.3) is 0 Å². The molecular formula is C16H13N3O2. The predicted octanol–water partition coefficient (Wildman–Crippen LogP) is 2.66. The molecule has 1 aromatic heterocycles. The molecule has 0 aliphatic carbocycles. The Labute approximate surface area is 121 Å². The van der Waals surface area contributed by atoms with Gasteiger partial charge in [-0.25, -0.2) is 4.99 Å². The standard InChI is InChI=1S/C16H13N3O2/c20-13(14-6-3-9-21-14)10-15-18-12-5-2-1-4-11(12)16-17-7-8-19(15)16/h1-6,9H,7-8,10H2. The maximum absolute atomic E-state index is 12.2. The van der Waals surface area contributed by atoms with Crippen molar-refractivity contribution < 1.29 is 9.21 Å². The molecule has 0 saturated carbocycles. The first kappa shape index (κ1) is 12.1. The molecule has 3 heterocycles. The first-order valence-corrected chi connectivity index (χ1v) is 6.88. The number of ketones is 1. The minimum absolute atomic E-state index is 0.0654. The summed E-state index contributed by atoms with van der Waals surface area (Å²) in [6.45, 7) is 1.51. The first-order valence-electron chi connectivity index (χ1n) is 6.88. The number of nitrogens with zero attached hydrogens (tertiary/aromatic N) is 3. The van der Waals surface area contributed by atoms with Crippen LogP contribution in [-0.2, 0) is 0 Å². The largest absolute Gasteiger partial charge is 0.461 e. The highest BCUT2D eigenvalue weighted by Crippen LogP contribution is 2.29. The predicted molar refractivity (Wildman–Crippen MR) is 79.3 cm³/mol. The van der Waals surface area contributed by atoms with Gasteiger partial charge in [0.15, 0.2) is 5.76 Å². The number of para-hydroxylation sites is 1. The summed E-state index contributed by atoms with van der Waals surface area (Å²) in [6, 6.07) is 11.3. The van der Waals surface area contributed by atoms with Crippen LogP contribution in [-0.4, -0.2) is 35.4 Å². The smallest absolute Gasteiger partial charge is 0.205 e. The number of aliphatic imine (C=N–C) groups is 2. The molecule has 5 nitrogen and oxygen atoms in total. The average Bonchev–Trinajstić information content (AvgIpc) is 3.19. The van der Waals surface area contributed by atoms with Crippen LogP contribution in [0.15, 0.2) is 57.1 Å². The Balaban J connectivity index is 1.71. The topological polar surface area (TPSA) is 58.2 Å². The van der Waals surface area contributed by atoms with E-state index < -0.39 is 0 Å². The van der Waals surface area contributed by atoms with Gasteiger partial charge in [-0.05, 0) is 24.3 Å². The molecule has 2 aliphatic rings. The third kappa shape index (κ3) is 1.98. The third-order valence-corrected chi connectivity index (χ3v) is 3.66. The van der Waals surface area contributed by atoms with Crippen molar-refractivity contribution in [1.29, 1.82) is 0 Å². The maximum Gasteiger partial charge on any atom is 0.205 e. The number of amidine groups is 2. The van der Waals surface area contributed by atoms with E-state index in [9.17, 15) is 4.79 Å². The van der Waals surface area contributed by atoms with Gasteiger partial charge in [-0.3, -0.25) is 9.79 Å². The summed E-state index contributed by atoms with van der Waals surface area (Å²) in [5, 5.41) is 0. The van der Waals surface area contributed by atoms with Gasteiger partial charge in [-0.2, -0.15) is 0 Å². The molecule has 0 amide bonds. The van der Waals surface area contributed by atoms with Crippen molar-refractivity contribution in [3.63, 3.8) is 0 Å². The molecule has 0 saturated heterocycles. The van der Waals surface area contributed by atoms with E-state index in [0.29, 0.717) is 5.76 Å². The number of Topliss-reactive ketones (excluding diaryl/α,β-unsaturated/α-hetero) is 1. The van der Waals surface area contributed by atoms with Crippen LogP contribution in [0.3, 0.4) is 0 Å². The summed E-state index contributed by atoms with van der Waals surface area (Å²) in [5.74, 6) is 1.97. The van der Waals surface area contributed by atoms with Crippen LogP contribution in [0.4, 0.5) is 5.69 Å². The second-order valence-electron chi connectivity index (χ2n) is 4.98. The van der Waals surface area contributed by atoms with Gasteiger partial charge in [-0.15, -0.1) is 0 Å². The summed E-state index contributed by atoms with van der Waals surface area (Å²) < 4.78 is 5.16. The van der Waals surface area contributed by atoms with Gasteiger partial charge in [0, 0.05) is 12.1 Å². The summed E-state index contributed by atoms with van der Waals surface area (Å²) in [6.07, 6.45) is 1.73. The van der Waals surface area contributed by atoms with Crippen molar-refractivity contribution in [2.45, 2.75) is 6.42 Å². The molecule has 0 spiro atoms. The van der Waals surface area contributed by atoms with Crippen LogP contribution in [0.2, 0.25) is 0 Å². The minimum atomic E-state index is -0.0654. The van der Waals surface area contributed by atoms with E-state index in [0.717, 1.165) is 36.0 Å². The molecule has 0 N–H and O–H groups in total. The maximum atomic E-state index is 12.2. The second kappa shape index (κ2) is 4.70. The Kier molecular flexibility index (Phi) is 2.70. The van der Waals surface area contributed by atoms with Gasteiger partial charge in [0.05, 0.1) is 24.9 Å². The molecule has 4 rings (SSSR count). The van der Waals surface area contributed by atoms with Gasteiger partial charge in [-0.1, -0.05) is 12.1 Å². The summed E-state index contributed by atoms with van der Waals surface area (Å²) in [5.41, 5.74) is 1.90. The molecule has 21 heavy (non-hydrogen) atoms. The van der Waals surface area contributed by atoms with Crippen molar-refractivity contribution in [1.82, 2.24) is 4.90 Å². The zero-order valence-corrected chi connectivity index (χ0v) is 11.3. The Morgan fingerprint density at radius 1 is 1.24 bits per heavy atom. The van der Waals surface area contributed by atoms with Crippen molar-refractivity contribution in [3.8, 4) is 0 Å². The number of benzene rings is 1. The first-order chi connectivity index (χ1) is 10.3. The van der Waals surface area contributed by atoms with E-state index in [4.69, 9.17) is 4.42 Å². The van der Waals surface area contributed by atoms with E-state index in [1.54, 1.807) is 12.1 Å². The van der Waals surface area contributed by atoms with Crippen molar-refractivity contribution in [2.24, 2.45) is 9.98 Å². The Morgan fingerprint density at radius 3 is 3.00 bits per heavy atom. The van der Waals surface area contributed by atoms with Gasteiger partial charge in [0.2, 0.25) is 5.78 Å². The zero-order valence-electron chi connectivity index (χ0n) is 11.3. The third-order valence-electron chi connectivity index (χ3n) is 3.66. The van der Waals surface area contributed by atoms with Crippen LogP contribution in [0, 0.1) is 0 Å². The molecule has 0 fully saturated rings. The van der Waals surface area contributed by atoms with Crippen LogP contribution < -0.4 is 0 Å². The number of furan rings is 1. The molecule has 0 bridgehead atoms. The molecule has 104 valence electrons. The normalized spacial score (nSPS) is 16.1. The van der Waals surface area contributed by atoms with Crippen molar-refractivity contribution in [3.05, 3.63) is 54.0 Å². The Hall–Kier alpha value is -2.69. The average molecular weight is 279 g/mol. The molecule has 1 aromatic carbocycles. The van der Waals surface area contributed by atoms with Crippen LogP contribution in [0.1, 0.15) is 22.5 Å². The molecule has 5 heteroatoms. The summed E-state index contributed by atoms with van der Waals surface area (Å²) in [7, 11) is 0. The number of hydrogen-bond acceptors (Lipinski definition) is 5. The van der Waals surface area contributed by atoms with Gasteiger partial charge >= 0.3 is 0 Å². The summed E-state index contributed by atoms with van der Waals surface area (Å²) >= 11 is 0. The van der Waals surface area contributed by atoms with E-state index in [-0.39, 0.29) is 12.2 Å². The Morgan fingerprint density at radius 2 is 2.14 bits per heavy atom. The molecule has 0 unspecified atom stereocenters. The lowest BCUT2D eigenvalue weighted by atomic mass is 10.1. The highest BCUT2D eigenvalue weighted by Gasteiger charge is 2.30. The van der Waals surface area contributed by atoms with Gasteiger partial charge in [0.1, 0.15) is 11.7 Å². The minimum Gasteiger partial charge on any atom is -0.461 e. The number of hydrogen-bond donors (Lipinski definition) is 0. The lowest BCUT2D eigenvalue weighted by Gasteiger charge is -2.27. The quantitative estimate of drug-likeness (QED) is 0.812. The molecule has 2 aliphatic heterocycles. The number of rotatable bonds is 3. The molecule has 2 aromatic rings. The van der Waals surface area contributed by atoms with Gasteiger partial charge < -0.3 is 9.32 Å². The fourth-order valence-corrected chi connectivity index (χ4v) is 2.69. The number of carbonyl (C=O) groups is 1. The molecule has 0 radical (unpaired) electrons. The van der Waals surface area contributed by atoms with Crippen molar-refractivity contribution >= 4 is 23.1 Å². The van der Waals surface area contributed by atoms with Crippen LogP contribution in [0.5, 0.6) is 0 Å². The number of fused-ring (bicyclic) bond motifs is 3. The van der Waals surface area contributed by atoms with E-state index in [1.165, 1.54) is 6.26 Å². The lowest BCUT2D eigenvalue weighted by molar-refractivity contribution is 0.0972.